The van der Waals surface area contributed by atoms with Crippen LogP contribution < -0.4 is 4.74 Å². The largest absolute Gasteiger partial charge is 0.490 e. The molecule has 0 aliphatic rings. The predicted molar refractivity (Wildman–Crippen MR) is 94.9 cm³/mol. The van der Waals surface area contributed by atoms with E-state index in [1.54, 1.807) is 24.3 Å². The molecule has 0 unspecified atom stereocenters. The van der Waals surface area contributed by atoms with Gasteiger partial charge in [-0.1, -0.05) is 37.3 Å². The van der Waals surface area contributed by atoms with Crippen LogP contribution in [0.25, 0.3) is 22.2 Å². The fraction of sp³-hybridized carbons (Fsp3) is 0.200. The molecule has 27 heavy (non-hydrogen) atoms. The summed E-state index contributed by atoms with van der Waals surface area (Å²) < 4.78 is 44.9. The number of alkyl halides is 3. The van der Waals surface area contributed by atoms with Crippen LogP contribution in [0.2, 0.25) is 0 Å². The van der Waals surface area contributed by atoms with E-state index in [-0.39, 0.29) is 29.2 Å². The molecule has 3 rings (SSSR count). The molecule has 0 atom stereocenters. The Kier molecular flexibility index (Phi) is 5.03. The number of rotatable bonds is 5. The van der Waals surface area contributed by atoms with Crippen LogP contribution in [-0.4, -0.2) is 22.7 Å². The molecular formula is C20H16F3NO3. The first kappa shape index (κ1) is 18.7. The van der Waals surface area contributed by atoms with Crippen LogP contribution in [-0.2, 0) is 6.18 Å². The van der Waals surface area contributed by atoms with Crippen LogP contribution in [0.5, 0.6) is 5.75 Å². The summed E-state index contributed by atoms with van der Waals surface area (Å²) in [5, 5.41) is 10.1. The standard InChI is InChI=1S/C20H16F3NO3/c1-2-10-27-18-16(19(25)26)14-8-3-4-9-15(14)24-17(18)12-6-5-7-13(11-12)20(21,22)23/h3-9,11H,2,10H2,1H3,(H,25,26). The SMILES string of the molecule is CCCOc1c(-c2cccc(C(F)(F)F)c2)nc2ccccc2c1C(=O)O. The molecule has 0 saturated carbocycles. The zero-order valence-electron chi connectivity index (χ0n) is 14.4. The number of nitrogens with zero attached hydrogens (tertiary/aromatic N) is 1. The summed E-state index contributed by atoms with van der Waals surface area (Å²) in [4.78, 5) is 16.3. The summed E-state index contributed by atoms with van der Waals surface area (Å²) in [7, 11) is 0. The van der Waals surface area contributed by atoms with Crippen molar-refractivity contribution < 1.29 is 27.8 Å². The first-order valence-electron chi connectivity index (χ1n) is 8.29. The Balaban J connectivity index is 2.33. The second-order valence-corrected chi connectivity index (χ2v) is 5.91. The van der Waals surface area contributed by atoms with Gasteiger partial charge in [0.2, 0.25) is 0 Å². The Hall–Kier alpha value is -3.09. The summed E-state index contributed by atoms with van der Waals surface area (Å²) in [6, 6.07) is 11.2. The summed E-state index contributed by atoms with van der Waals surface area (Å²) in [6.07, 6.45) is -3.92. The van der Waals surface area contributed by atoms with Crippen molar-refractivity contribution in [2.75, 3.05) is 6.61 Å². The quantitative estimate of drug-likeness (QED) is 0.648. The zero-order valence-corrected chi connectivity index (χ0v) is 14.4. The van der Waals surface area contributed by atoms with Crippen molar-refractivity contribution in [1.29, 1.82) is 0 Å². The lowest BCUT2D eigenvalue weighted by Crippen LogP contribution is -2.09. The molecule has 3 aromatic rings. The van der Waals surface area contributed by atoms with E-state index in [1.807, 2.05) is 6.92 Å². The third-order valence-corrected chi connectivity index (χ3v) is 3.98. The van der Waals surface area contributed by atoms with Crippen LogP contribution in [0.3, 0.4) is 0 Å². The lowest BCUT2D eigenvalue weighted by Gasteiger charge is -2.16. The average Bonchev–Trinajstić information content (AvgIpc) is 2.64. The van der Waals surface area contributed by atoms with Gasteiger partial charge in [-0.05, 0) is 24.6 Å². The molecule has 7 heteroatoms. The van der Waals surface area contributed by atoms with Crippen LogP contribution >= 0.6 is 0 Å². The number of ether oxygens (including phenoxy) is 1. The molecule has 0 aliphatic carbocycles. The van der Waals surface area contributed by atoms with Crippen LogP contribution in [0.15, 0.2) is 48.5 Å². The first-order chi connectivity index (χ1) is 12.8. The van der Waals surface area contributed by atoms with Gasteiger partial charge in [0.15, 0.2) is 5.75 Å². The summed E-state index contributed by atoms with van der Waals surface area (Å²) in [5.74, 6) is -1.25. The van der Waals surface area contributed by atoms with E-state index >= 15 is 0 Å². The van der Waals surface area contributed by atoms with Gasteiger partial charge in [0.05, 0.1) is 17.7 Å². The number of pyridine rings is 1. The zero-order chi connectivity index (χ0) is 19.6. The van der Waals surface area contributed by atoms with Gasteiger partial charge in [-0.3, -0.25) is 0 Å². The van der Waals surface area contributed by atoms with E-state index in [2.05, 4.69) is 4.98 Å². The van der Waals surface area contributed by atoms with E-state index in [0.717, 1.165) is 12.1 Å². The molecule has 2 aromatic carbocycles. The number of fused-ring (bicyclic) bond motifs is 1. The lowest BCUT2D eigenvalue weighted by molar-refractivity contribution is -0.137. The van der Waals surface area contributed by atoms with Crippen molar-refractivity contribution in [3.05, 3.63) is 59.7 Å². The highest BCUT2D eigenvalue weighted by Gasteiger charge is 2.31. The number of carboxylic acid groups (broad SMARTS) is 1. The van der Waals surface area contributed by atoms with Crippen molar-refractivity contribution in [1.82, 2.24) is 4.98 Å². The molecule has 1 heterocycles. The van der Waals surface area contributed by atoms with E-state index < -0.39 is 17.7 Å². The number of benzene rings is 2. The fourth-order valence-electron chi connectivity index (χ4n) is 2.79. The Morgan fingerprint density at radius 2 is 1.89 bits per heavy atom. The number of aromatic nitrogens is 1. The maximum Gasteiger partial charge on any atom is 0.416 e. The van der Waals surface area contributed by atoms with Crippen molar-refractivity contribution in [2.24, 2.45) is 0 Å². The van der Waals surface area contributed by atoms with Gasteiger partial charge in [-0.25, -0.2) is 9.78 Å². The van der Waals surface area contributed by atoms with Crippen LogP contribution in [0, 0.1) is 0 Å². The highest BCUT2D eigenvalue weighted by Crippen LogP contribution is 2.38. The number of hydrogen-bond donors (Lipinski definition) is 1. The predicted octanol–water partition coefficient (Wildman–Crippen LogP) is 5.41. The van der Waals surface area contributed by atoms with E-state index in [0.29, 0.717) is 17.3 Å². The molecule has 0 radical (unpaired) electrons. The van der Waals surface area contributed by atoms with E-state index in [9.17, 15) is 23.1 Å². The van der Waals surface area contributed by atoms with Gasteiger partial charge in [0.25, 0.3) is 0 Å². The van der Waals surface area contributed by atoms with Crippen molar-refractivity contribution in [3.63, 3.8) is 0 Å². The van der Waals surface area contributed by atoms with Gasteiger partial charge < -0.3 is 9.84 Å². The number of para-hydroxylation sites is 1. The molecule has 4 nitrogen and oxygen atoms in total. The second-order valence-electron chi connectivity index (χ2n) is 5.91. The Morgan fingerprint density at radius 1 is 1.15 bits per heavy atom. The molecule has 0 saturated heterocycles. The molecule has 1 aromatic heterocycles. The van der Waals surface area contributed by atoms with Gasteiger partial charge in [-0.2, -0.15) is 13.2 Å². The van der Waals surface area contributed by atoms with Crippen LogP contribution in [0.4, 0.5) is 13.2 Å². The Morgan fingerprint density at radius 3 is 2.56 bits per heavy atom. The molecule has 140 valence electrons. The first-order valence-corrected chi connectivity index (χ1v) is 8.29. The topological polar surface area (TPSA) is 59.4 Å². The Bertz CT molecular complexity index is 999. The van der Waals surface area contributed by atoms with Gasteiger partial charge in [0.1, 0.15) is 11.3 Å². The minimum Gasteiger partial charge on any atom is -0.490 e. The molecule has 0 spiro atoms. The molecular weight excluding hydrogens is 359 g/mol. The second kappa shape index (κ2) is 7.26. The fourth-order valence-corrected chi connectivity index (χ4v) is 2.79. The minimum atomic E-state index is -4.52. The maximum absolute atomic E-state index is 13.1. The third-order valence-electron chi connectivity index (χ3n) is 3.98. The van der Waals surface area contributed by atoms with Crippen molar-refractivity contribution in [3.8, 4) is 17.0 Å². The summed E-state index contributed by atoms with van der Waals surface area (Å²) in [5.41, 5.74) is -0.365. The van der Waals surface area contributed by atoms with Gasteiger partial charge in [0, 0.05) is 10.9 Å². The van der Waals surface area contributed by atoms with E-state index in [4.69, 9.17) is 4.74 Å². The average molecular weight is 375 g/mol. The molecule has 0 bridgehead atoms. The number of carboxylic acids is 1. The van der Waals surface area contributed by atoms with Crippen molar-refractivity contribution >= 4 is 16.9 Å². The number of halogens is 3. The third kappa shape index (κ3) is 3.72. The monoisotopic (exact) mass is 375 g/mol. The Labute approximate surface area is 153 Å². The van der Waals surface area contributed by atoms with Gasteiger partial charge in [-0.15, -0.1) is 0 Å². The smallest absolute Gasteiger partial charge is 0.416 e. The minimum absolute atomic E-state index is 0.0256. The summed E-state index contributed by atoms with van der Waals surface area (Å²) >= 11 is 0. The lowest BCUT2D eigenvalue weighted by atomic mass is 10.0. The number of carbonyl (C=O) groups is 1. The maximum atomic E-state index is 13.1. The van der Waals surface area contributed by atoms with E-state index in [1.165, 1.54) is 12.1 Å². The normalized spacial score (nSPS) is 11.6. The molecule has 0 aliphatic heterocycles. The van der Waals surface area contributed by atoms with Crippen molar-refractivity contribution in [2.45, 2.75) is 19.5 Å². The molecule has 0 amide bonds. The molecule has 0 fully saturated rings. The van der Waals surface area contributed by atoms with Crippen LogP contribution in [0.1, 0.15) is 29.3 Å². The number of hydrogen-bond acceptors (Lipinski definition) is 3. The highest BCUT2D eigenvalue weighted by atomic mass is 19.4. The summed E-state index contributed by atoms with van der Waals surface area (Å²) in [6.45, 7) is 2.06. The number of aromatic carboxylic acids is 1. The van der Waals surface area contributed by atoms with Gasteiger partial charge >= 0.3 is 12.1 Å². The molecule has 1 N–H and O–H groups in total. The highest BCUT2D eigenvalue weighted by molar-refractivity contribution is 6.07.